The molecule has 23 heavy (non-hydrogen) atoms. The van der Waals surface area contributed by atoms with Gasteiger partial charge in [-0.2, -0.15) is 0 Å². The molecule has 3 rings (SSSR count). The average Bonchev–Trinajstić information content (AvgIpc) is 3.14. The highest BCUT2D eigenvalue weighted by molar-refractivity contribution is 7.12. The first kappa shape index (κ1) is 15.6. The van der Waals surface area contributed by atoms with E-state index in [-0.39, 0.29) is 29.3 Å². The van der Waals surface area contributed by atoms with Crippen molar-refractivity contribution in [1.82, 2.24) is 4.98 Å². The van der Waals surface area contributed by atoms with Crippen molar-refractivity contribution < 1.29 is 14.3 Å². The maximum Gasteiger partial charge on any atom is 0.338 e. The van der Waals surface area contributed by atoms with E-state index < -0.39 is 5.97 Å². The van der Waals surface area contributed by atoms with Gasteiger partial charge in [-0.05, 0) is 30.5 Å². The molecule has 0 spiro atoms. The Balaban J connectivity index is 2.20. The number of nitrogens with one attached hydrogen (secondary N) is 1. The first-order valence-electron chi connectivity index (χ1n) is 6.89. The van der Waals surface area contributed by atoms with Crippen LogP contribution in [0.1, 0.15) is 32.6 Å². The van der Waals surface area contributed by atoms with Crippen LogP contribution in [0.15, 0.2) is 29.6 Å². The Morgan fingerprint density at radius 3 is 2.83 bits per heavy atom. The van der Waals surface area contributed by atoms with Crippen LogP contribution in [0, 0.1) is 0 Å². The van der Waals surface area contributed by atoms with Crippen LogP contribution in [0.3, 0.4) is 0 Å². The number of thiophene rings is 1. The number of nitrogen functional groups attached to an aromatic ring is 1. The van der Waals surface area contributed by atoms with Crippen molar-refractivity contribution in [3.63, 3.8) is 0 Å². The molecule has 3 N–H and O–H groups in total. The summed E-state index contributed by atoms with van der Waals surface area (Å²) in [6.45, 7) is 1.95. The molecular formula is C16H13ClN2O3S. The molecule has 1 aromatic carbocycles. The van der Waals surface area contributed by atoms with Gasteiger partial charge in [-0.15, -0.1) is 11.3 Å². The number of fused-ring (bicyclic) bond motifs is 1. The highest BCUT2D eigenvalue weighted by atomic mass is 35.5. The smallest absolute Gasteiger partial charge is 0.338 e. The predicted molar refractivity (Wildman–Crippen MR) is 91.4 cm³/mol. The van der Waals surface area contributed by atoms with Gasteiger partial charge < -0.3 is 15.5 Å². The summed E-state index contributed by atoms with van der Waals surface area (Å²) in [4.78, 5) is 28.2. The number of benzene rings is 1. The fourth-order valence-corrected chi connectivity index (χ4v) is 3.29. The number of aromatic nitrogens is 1. The van der Waals surface area contributed by atoms with Gasteiger partial charge in [0.05, 0.1) is 28.3 Å². The number of anilines is 1. The number of hydrogen-bond donors (Lipinski definition) is 2. The Morgan fingerprint density at radius 1 is 1.39 bits per heavy atom. The maximum atomic E-state index is 12.5. The zero-order chi connectivity index (χ0) is 16.6. The fourth-order valence-electron chi connectivity index (χ4n) is 2.40. The van der Waals surface area contributed by atoms with Crippen LogP contribution in [-0.4, -0.2) is 23.3 Å². The summed E-state index contributed by atoms with van der Waals surface area (Å²) in [7, 11) is 0. The first-order chi connectivity index (χ1) is 11.0. The van der Waals surface area contributed by atoms with Crippen molar-refractivity contribution in [1.29, 1.82) is 0 Å². The quantitative estimate of drug-likeness (QED) is 0.553. The number of rotatable bonds is 4. The number of carbonyl (C=O) groups excluding carboxylic acids is 2. The van der Waals surface area contributed by atoms with E-state index >= 15 is 0 Å². The molecule has 2 heterocycles. The van der Waals surface area contributed by atoms with Crippen molar-refractivity contribution in [2.75, 3.05) is 12.3 Å². The van der Waals surface area contributed by atoms with Gasteiger partial charge in [0, 0.05) is 10.4 Å². The van der Waals surface area contributed by atoms with Gasteiger partial charge in [0.25, 0.3) is 0 Å². The van der Waals surface area contributed by atoms with Gasteiger partial charge in [-0.25, -0.2) is 4.79 Å². The van der Waals surface area contributed by atoms with Crippen LogP contribution in [0.2, 0.25) is 5.02 Å². The number of hydrogen-bond acceptors (Lipinski definition) is 5. The third kappa shape index (κ3) is 2.71. The van der Waals surface area contributed by atoms with Crippen LogP contribution in [0.4, 0.5) is 5.69 Å². The molecule has 0 amide bonds. The molecule has 0 radical (unpaired) electrons. The van der Waals surface area contributed by atoms with E-state index in [1.807, 2.05) is 5.38 Å². The molecule has 118 valence electrons. The predicted octanol–water partition coefficient (Wildman–Crippen LogP) is 3.87. The third-order valence-electron chi connectivity index (χ3n) is 3.37. The van der Waals surface area contributed by atoms with Crippen molar-refractivity contribution in [3.8, 4) is 0 Å². The number of halogens is 1. The van der Waals surface area contributed by atoms with Gasteiger partial charge in [0.15, 0.2) is 0 Å². The number of esters is 1. The number of H-pyrrole nitrogens is 1. The van der Waals surface area contributed by atoms with Crippen molar-refractivity contribution in [2.24, 2.45) is 0 Å². The zero-order valence-electron chi connectivity index (χ0n) is 12.2. The summed E-state index contributed by atoms with van der Waals surface area (Å²) in [6, 6.07) is 6.63. The summed E-state index contributed by atoms with van der Waals surface area (Å²) >= 11 is 7.38. The van der Waals surface area contributed by atoms with Crippen LogP contribution < -0.4 is 5.73 Å². The van der Waals surface area contributed by atoms with E-state index in [2.05, 4.69) is 4.98 Å². The lowest BCUT2D eigenvalue weighted by molar-refractivity contribution is 0.0528. The molecule has 0 aliphatic rings. The molecular weight excluding hydrogens is 336 g/mol. The minimum absolute atomic E-state index is 0.220. The molecule has 0 aliphatic carbocycles. The number of ketones is 1. The van der Waals surface area contributed by atoms with Gasteiger partial charge in [0.2, 0.25) is 5.78 Å². The van der Waals surface area contributed by atoms with Gasteiger partial charge in [-0.1, -0.05) is 17.7 Å². The second kappa shape index (κ2) is 6.06. The molecule has 0 atom stereocenters. The molecule has 0 saturated heterocycles. The summed E-state index contributed by atoms with van der Waals surface area (Å²) < 4.78 is 5.04. The molecule has 0 unspecified atom stereocenters. The van der Waals surface area contributed by atoms with E-state index in [9.17, 15) is 9.59 Å². The summed E-state index contributed by atoms with van der Waals surface area (Å²) in [5.74, 6) is -0.750. The van der Waals surface area contributed by atoms with Crippen molar-refractivity contribution in [3.05, 3.63) is 50.8 Å². The molecule has 5 nitrogen and oxygen atoms in total. The van der Waals surface area contributed by atoms with Crippen LogP contribution in [0.25, 0.3) is 10.9 Å². The van der Waals surface area contributed by atoms with Gasteiger partial charge in [-0.3, -0.25) is 4.79 Å². The van der Waals surface area contributed by atoms with E-state index in [1.165, 1.54) is 17.4 Å². The molecule has 0 saturated carbocycles. The second-order valence-corrected chi connectivity index (χ2v) is 6.20. The Bertz CT molecular complexity index is 900. The lowest BCUT2D eigenvalue weighted by atomic mass is 10.1. The molecule has 0 aliphatic heterocycles. The Morgan fingerprint density at radius 2 is 2.17 bits per heavy atom. The molecule has 0 bridgehead atoms. The highest BCUT2D eigenvalue weighted by Gasteiger charge is 2.23. The van der Waals surface area contributed by atoms with Crippen molar-refractivity contribution in [2.45, 2.75) is 6.92 Å². The molecule has 2 aromatic heterocycles. The van der Waals surface area contributed by atoms with E-state index in [0.29, 0.717) is 20.8 Å². The minimum atomic E-state index is -0.527. The van der Waals surface area contributed by atoms with E-state index in [0.717, 1.165) is 0 Å². The number of carbonyl (C=O) groups is 2. The number of aromatic amines is 1. The molecule has 0 fully saturated rings. The van der Waals surface area contributed by atoms with Gasteiger partial charge in [0.1, 0.15) is 5.69 Å². The van der Waals surface area contributed by atoms with Crippen LogP contribution in [0.5, 0.6) is 0 Å². The number of ether oxygens (including phenoxy) is 1. The minimum Gasteiger partial charge on any atom is -0.462 e. The maximum absolute atomic E-state index is 12.5. The first-order valence-corrected chi connectivity index (χ1v) is 8.14. The standard InChI is InChI=1S/C16H13ClN2O3S/c1-2-22-16(21)9-6-8(17)7-10-12(9)13(18)14(19-10)15(20)11-4-3-5-23-11/h3-7,19H,2,18H2,1H3. The lowest BCUT2D eigenvalue weighted by Gasteiger charge is -2.05. The Labute approximate surface area is 141 Å². The van der Waals surface area contributed by atoms with E-state index in [4.69, 9.17) is 22.1 Å². The summed E-state index contributed by atoms with van der Waals surface area (Å²) in [5, 5.41) is 2.62. The van der Waals surface area contributed by atoms with Crippen LogP contribution in [-0.2, 0) is 4.74 Å². The third-order valence-corrected chi connectivity index (χ3v) is 4.46. The molecule has 3 aromatic rings. The zero-order valence-corrected chi connectivity index (χ0v) is 13.8. The average molecular weight is 349 g/mol. The Kier molecular flexibility index (Phi) is 4.11. The highest BCUT2D eigenvalue weighted by Crippen LogP contribution is 2.33. The largest absolute Gasteiger partial charge is 0.462 e. The number of nitrogens with two attached hydrogens (primary N) is 1. The second-order valence-electron chi connectivity index (χ2n) is 4.82. The summed E-state index contributed by atoms with van der Waals surface area (Å²) in [6.07, 6.45) is 0. The fraction of sp³-hybridized carbons (Fsp3) is 0.125. The molecule has 7 heteroatoms. The monoisotopic (exact) mass is 348 g/mol. The van der Waals surface area contributed by atoms with E-state index in [1.54, 1.807) is 25.1 Å². The summed E-state index contributed by atoms with van der Waals surface area (Å²) in [5.41, 5.74) is 7.37. The van der Waals surface area contributed by atoms with Crippen molar-refractivity contribution >= 4 is 51.3 Å². The lowest BCUT2D eigenvalue weighted by Crippen LogP contribution is -2.06. The topological polar surface area (TPSA) is 85.2 Å². The SMILES string of the molecule is CCOC(=O)c1cc(Cl)cc2[nH]c(C(=O)c3cccs3)c(N)c12. The van der Waals surface area contributed by atoms with Gasteiger partial charge >= 0.3 is 5.97 Å². The Hall–Kier alpha value is -2.31. The van der Waals surface area contributed by atoms with Crippen LogP contribution >= 0.6 is 22.9 Å². The normalized spacial score (nSPS) is 10.9.